The van der Waals surface area contributed by atoms with E-state index in [2.05, 4.69) is 32.4 Å². The second-order valence-electron chi connectivity index (χ2n) is 9.57. The number of nitrogens with two attached hydrogens (primary N) is 1. The highest BCUT2D eigenvalue weighted by molar-refractivity contribution is 5.86. The molecule has 0 saturated carbocycles. The van der Waals surface area contributed by atoms with Crippen molar-refractivity contribution in [3.05, 3.63) is 112 Å². The molecular formula is C29H34Cl3N7O2. The summed E-state index contributed by atoms with van der Waals surface area (Å²) in [6.07, 6.45) is 5.27. The van der Waals surface area contributed by atoms with E-state index >= 15 is 0 Å². The molecule has 0 aliphatic carbocycles. The van der Waals surface area contributed by atoms with Gasteiger partial charge in [-0.3, -0.25) is 19.1 Å². The zero-order valence-electron chi connectivity index (χ0n) is 22.8. The lowest BCUT2D eigenvalue weighted by Gasteiger charge is -2.29. The SMILES string of the molecule is Cc1nc(N)ccc1CNC(=O)[C@@H]1CCc2cnc(N(C)C(Cc3ccccc3)c3ccccn3)c(=O)n21.Cl.Cl.Cl. The van der Waals surface area contributed by atoms with Crippen molar-refractivity contribution in [1.29, 1.82) is 0 Å². The van der Waals surface area contributed by atoms with Gasteiger partial charge in [-0.05, 0) is 55.5 Å². The topological polar surface area (TPSA) is 119 Å². The second-order valence-corrected chi connectivity index (χ2v) is 9.57. The fourth-order valence-corrected chi connectivity index (χ4v) is 5.02. The van der Waals surface area contributed by atoms with Gasteiger partial charge in [0.1, 0.15) is 11.9 Å². The van der Waals surface area contributed by atoms with Gasteiger partial charge in [0.25, 0.3) is 5.56 Å². The summed E-state index contributed by atoms with van der Waals surface area (Å²) in [6.45, 7) is 2.17. The summed E-state index contributed by atoms with van der Waals surface area (Å²) in [5.74, 6) is 0.528. The molecule has 0 saturated heterocycles. The van der Waals surface area contributed by atoms with Crippen LogP contribution in [-0.4, -0.2) is 32.5 Å². The second kappa shape index (κ2) is 14.8. The van der Waals surface area contributed by atoms with Gasteiger partial charge in [0.2, 0.25) is 5.91 Å². The van der Waals surface area contributed by atoms with E-state index in [4.69, 9.17) is 5.73 Å². The van der Waals surface area contributed by atoms with Gasteiger partial charge in [-0.2, -0.15) is 0 Å². The lowest BCUT2D eigenvalue weighted by Crippen LogP contribution is -2.39. The minimum Gasteiger partial charge on any atom is -0.384 e. The number of nitrogen functional groups attached to an aromatic ring is 1. The van der Waals surface area contributed by atoms with Crippen molar-refractivity contribution in [2.75, 3.05) is 17.7 Å². The molecule has 1 amide bonds. The number of hydrogen-bond donors (Lipinski definition) is 2. The first-order valence-corrected chi connectivity index (χ1v) is 12.7. The average Bonchev–Trinajstić information content (AvgIpc) is 3.37. The van der Waals surface area contributed by atoms with Gasteiger partial charge in [0.15, 0.2) is 5.82 Å². The van der Waals surface area contributed by atoms with Crippen molar-refractivity contribution in [1.82, 2.24) is 24.8 Å². The number of likely N-dealkylation sites (N-methyl/N-ethyl adjacent to an activating group) is 1. The van der Waals surface area contributed by atoms with Crippen LogP contribution in [0.3, 0.4) is 0 Å². The molecule has 3 aromatic heterocycles. The Kier molecular flexibility index (Phi) is 12.1. The average molecular weight is 619 g/mol. The quantitative estimate of drug-likeness (QED) is 0.300. The maximum absolute atomic E-state index is 13.8. The fraction of sp³-hybridized carbons (Fsp3) is 0.276. The number of aromatic nitrogens is 4. The number of amides is 1. The highest BCUT2D eigenvalue weighted by atomic mass is 35.5. The van der Waals surface area contributed by atoms with E-state index in [-0.39, 0.29) is 54.7 Å². The third-order valence-electron chi connectivity index (χ3n) is 7.12. The molecule has 1 unspecified atom stereocenters. The Hall–Kier alpha value is -3.66. The first kappa shape index (κ1) is 33.5. The predicted molar refractivity (Wildman–Crippen MR) is 168 cm³/mol. The fourth-order valence-electron chi connectivity index (χ4n) is 5.02. The normalized spacial score (nSPS) is 14.0. The summed E-state index contributed by atoms with van der Waals surface area (Å²) in [7, 11) is 1.86. The van der Waals surface area contributed by atoms with Crippen molar-refractivity contribution in [2.24, 2.45) is 0 Å². The number of nitrogens with zero attached hydrogens (tertiary/aromatic N) is 5. The number of carbonyl (C=O) groups excluding carboxylic acids is 1. The zero-order valence-corrected chi connectivity index (χ0v) is 25.2. The molecular weight excluding hydrogens is 585 g/mol. The number of pyridine rings is 2. The van der Waals surface area contributed by atoms with Crippen molar-refractivity contribution in [2.45, 2.75) is 44.8 Å². The van der Waals surface area contributed by atoms with Crippen LogP contribution in [0.4, 0.5) is 11.6 Å². The van der Waals surface area contributed by atoms with Crippen molar-refractivity contribution in [3.63, 3.8) is 0 Å². The van der Waals surface area contributed by atoms with Crippen LogP contribution in [0, 0.1) is 6.92 Å². The molecule has 3 N–H and O–H groups in total. The molecule has 9 nitrogen and oxygen atoms in total. The number of hydrogen-bond acceptors (Lipinski definition) is 7. The Balaban J connectivity index is 0.00000196. The monoisotopic (exact) mass is 617 g/mol. The van der Waals surface area contributed by atoms with Crippen LogP contribution < -0.4 is 21.5 Å². The summed E-state index contributed by atoms with van der Waals surface area (Å²) in [5.41, 5.74) is 9.84. The summed E-state index contributed by atoms with van der Waals surface area (Å²) < 4.78 is 1.60. The van der Waals surface area contributed by atoms with E-state index in [1.165, 1.54) is 0 Å². The standard InChI is InChI=1S/C29H31N7O2.3ClH/c1-19-21(11-14-26(30)34-19)17-33-28(37)24-13-12-22-18-32-27(29(38)36(22)24)35(2)25(23-10-6-7-15-31-23)16-20-8-4-3-5-9-20;;;/h3-11,14-15,18,24-25H,12-13,16-17H2,1-2H3,(H2,30,34)(H,33,37);3*1H/t24-,25?;;;/m0.../s1. The van der Waals surface area contributed by atoms with Crippen LogP contribution in [0.25, 0.3) is 0 Å². The van der Waals surface area contributed by atoms with Crippen LogP contribution in [0.15, 0.2) is 77.9 Å². The predicted octanol–water partition coefficient (Wildman–Crippen LogP) is 4.41. The van der Waals surface area contributed by atoms with Crippen molar-refractivity contribution < 1.29 is 4.79 Å². The highest BCUT2D eigenvalue weighted by Gasteiger charge is 2.32. The molecule has 2 atom stereocenters. The van der Waals surface area contributed by atoms with E-state index in [0.29, 0.717) is 37.4 Å². The number of rotatable bonds is 8. The van der Waals surface area contributed by atoms with Gasteiger partial charge in [-0.25, -0.2) is 9.97 Å². The highest BCUT2D eigenvalue weighted by Crippen LogP contribution is 2.28. The zero-order chi connectivity index (χ0) is 26.6. The molecule has 0 radical (unpaired) electrons. The maximum atomic E-state index is 13.8. The Labute approximate surface area is 257 Å². The molecule has 4 heterocycles. The van der Waals surface area contributed by atoms with Gasteiger partial charge >= 0.3 is 0 Å². The molecule has 1 aliphatic rings. The Bertz CT molecular complexity index is 1500. The minimum absolute atomic E-state index is 0. The van der Waals surface area contributed by atoms with Crippen LogP contribution >= 0.6 is 37.2 Å². The molecule has 0 spiro atoms. The van der Waals surface area contributed by atoms with Crippen molar-refractivity contribution >= 4 is 54.8 Å². The van der Waals surface area contributed by atoms with Gasteiger partial charge in [0.05, 0.1) is 11.7 Å². The first-order valence-electron chi connectivity index (χ1n) is 12.7. The maximum Gasteiger partial charge on any atom is 0.294 e. The van der Waals surface area contributed by atoms with Crippen LogP contribution in [0.1, 0.15) is 46.7 Å². The first-order chi connectivity index (χ1) is 18.4. The van der Waals surface area contributed by atoms with Gasteiger partial charge in [-0.1, -0.05) is 42.5 Å². The number of benzene rings is 1. The largest absolute Gasteiger partial charge is 0.384 e. The number of nitrogens with one attached hydrogen (secondary N) is 1. The molecule has 1 aromatic carbocycles. The number of fused-ring (bicyclic) bond motifs is 1. The number of halogens is 3. The number of carbonyl (C=O) groups is 1. The molecule has 0 bridgehead atoms. The smallest absolute Gasteiger partial charge is 0.294 e. The van der Waals surface area contributed by atoms with E-state index < -0.39 is 6.04 Å². The Morgan fingerprint density at radius 2 is 1.80 bits per heavy atom. The molecule has 1 aliphatic heterocycles. The molecule has 5 rings (SSSR count). The lowest BCUT2D eigenvalue weighted by molar-refractivity contribution is -0.124. The van der Waals surface area contributed by atoms with E-state index in [1.807, 2.05) is 61.3 Å². The number of aryl methyl sites for hydroxylation is 2. The van der Waals surface area contributed by atoms with Gasteiger partial charge < -0.3 is 16.0 Å². The summed E-state index contributed by atoms with van der Waals surface area (Å²) >= 11 is 0. The van der Waals surface area contributed by atoms with Crippen LogP contribution in [0.2, 0.25) is 0 Å². The summed E-state index contributed by atoms with van der Waals surface area (Å²) in [4.78, 5) is 42.3. The third-order valence-corrected chi connectivity index (χ3v) is 7.12. The number of anilines is 2. The summed E-state index contributed by atoms with van der Waals surface area (Å²) in [6, 6.07) is 18.6. The van der Waals surface area contributed by atoms with Crippen LogP contribution in [-0.2, 0) is 24.2 Å². The molecule has 4 aromatic rings. The lowest BCUT2D eigenvalue weighted by atomic mass is 10.0. The van der Waals surface area contributed by atoms with Crippen molar-refractivity contribution in [3.8, 4) is 0 Å². The van der Waals surface area contributed by atoms with Crippen LogP contribution in [0.5, 0.6) is 0 Å². The molecule has 218 valence electrons. The third kappa shape index (κ3) is 7.35. The van der Waals surface area contributed by atoms with E-state index in [9.17, 15) is 9.59 Å². The van der Waals surface area contributed by atoms with Gasteiger partial charge in [-0.15, -0.1) is 37.2 Å². The summed E-state index contributed by atoms with van der Waals surface area (Å²) in [5, 5.41) is 2.98. The molecule has 12 heteroatoms. The minimum atomic E-state index is -0.600. The Morgan fingerprint density at radius 3 is 2.49 bits per heavy atom. The molecule has 0 fully saturated rings. The van der Waals surface area contributed by atoms with Gasteiger partial charge in [0, 0.05) is 37.4 Å². The van der Waals surface area contributed by atoms with E-state index in [1.54, 1.807) is 23.0 Å². The van der Waals surface area contributed by atoms with E-state index in [0.717, 1.165) is 28.2 Å². The Morgan fingerprint density at radius 1 is 1.07 bits per heavy atom. The molecule has 41 heavy (non-hydrogen) atoms.